The second-order valence-electron chi connectivity index (χ2n) is 18.1. The van der Waals surface area contributed by atoms with Gasteiger partial charge in [0.25, 0.3) is 0 Å². The summed E-state index contributed by atoms with van der Waals surface area (Å²) in [6, 6.07) is 8.17. The van der Waals surface area contributed by atoms with Crippen LogP contribution in [0, 0.1) is 34.5 Å². The number of nitrogens with two attached hydrogens (primary N) is 1. The molecule has 1 aliphatic heterocycles. The zero-order chi connectivity index (χ0) is 43.5. The summed E-state index contributed by atoms with van der Waals surface area (Å²) in [6.45, 7) is -2.29. The lowest BCUT2D eigenvalue weighted by Crippen LogP contribution is -2.65. The number of ether oxygens (including phenoxy) is 2. The Bertz CT molecular complexity index is 1610. The minimum Gasteiger partial charge on any atom is -0.447 e. The molecule has 6 aliphatic rings. The summed E-state index contributed by atoms with van der Waals surface area (Å²) >= 11 is 0. The smallest absolute Gasteiger partial charge is 0.407 e. The highest BCUT2D eigenvalue weighted by molar-refractivity contribution is 5.84. The third-order valence-corrected chi connectivity index (χ3v) is 13.6. The Morgan fingerprint density at radius 1 is 0.817 bits per heavy atom. The van der Waals surface area contributed by atoms with Gasteiger partial charge in [-0.05, 0) is 85.7 Å². The number of likely N-dealkylation sites (tertiary alicyclic amines) is 1. The average Bonchev–Trinajstić information content (AvgIpc) is 3.90. The molecule has 7 rings (SSSR count). The minimum atomic E-state index is -1.91. The van der Waals surface area contributed by atoms with E-state index >= 15 is 0 Å². The van der Waals surface area contributed by atoms with Crippen LogP contribution in [0.2, 0.25) is 0 Å². The van der Waals surface area contributed by atoms with Crippen LogP contribution in [0.15, 0.2) is 24.3 Å². The van der Waals surface area contributed by atoms with Crippen LogP contribution in [0.4, 0.5) is 4.79 Å². The lowest BCUT2D eigenvalue weighted by molar-refractivity contribution is -0.203. The molecule has 5 saturated carbocycles. The van der Waals surface area contributed by atoms with Crippen LogP contribution in [-0.2, 0) is 27.4 Å². The summed E-state index contributed by atoms with van der Waals surface area (Å²) in [5.41, 5.74) is 7.34. The molecule has 5 aliphatic carbocycles. The van der Waals surface area contributed by atoms with Crippen LogP contribution in [-0.4, -0.2) is 185 Å². The number of carbonyl (C=O) groups excluding carboxylic acids is 2. The van der Waals surface area contributed by atoms with E-state index in [4.69, 9.17) is 25.4 Å². The van der Waals surface area contributed by atoms with Gasteiger partial charge in [-0.1, -0.05) is 24.3 Å². The SMILES string of the molecule is N#C[C@@H]1C[C@@H]2C[C@@H]2N1C(=O)[C@@H](N)C12CC3C[C@H](CC(OCCOC(=O)NCc4ccc(CN(C[C@@H](O)[C@H](O)[C@@H](O)[C@@H](O)CO)C[C@@H](O)[C@H](O)[C@@H](O)C(O)CO)cc4)(C3)C1)C2. The number of amides is 2. The maximum atomic E-state index is 13.8. The highest BCUT2D eigenvalue weighted by atomic mass is 16.6. The number of alkyl carbamates (subject to hydrolysis) is 1. The highest BCUT2D eigenvalue weighted by Gasteiger charge is 2.63. The van der Waals surface area contributed by atoms with Crippen molar-refractivity contribution in [1.29, 1.82) is 5.26 Å². The predicted octanol–water partition coefficient (Wildman–Crippen LogP) is -3.22. The van der Waals surface area contributed by atoms with E-state index < -0.39 is 98.9 Å². The number of fused-ring (bicyclic) bond motifs is 1. The lowest BCUT2D eigenvalue weighted by Gasteiger charge is -2.63. The van der Waals surface area contributed by atoms with Crippen molar-refractivity contribution in [2.45, 2.75) is 137 Å². The molecular weight excluding hydrogens is 786 g/mol. The highest BCUT2D eigenvalue weighted by Crippen LogP contribution is 2.64. The molecule has 60 heavy (non-hydrogen) atoms. The molecule has 4 unspecified atom stereocenters. The second-order valence-corrected chi connectivity index (χ2v) is 18.1. The zero-order valence-corrected chi connectivity index (χ0v) is 33.7. The van der Waals surface area contributed by atoms with Crippen molar-refractivity contribution >= 4 is 12.0 Å². The van der Waals surface area contributed by atoms with Gasteiger partial charge in [0.05, 0.1) is 49.7 Å². The van der Waals surface area contributed by atoms with E-state index in [0.29, 0.717) is 35.3 Å². The van der Waals surface area contributed by atoms with Crippen molar-refractivity contribution < 1.29 is 70.1 Å². The molecule has 1 saturated heterocycles. The molecule has 19 nitrogen and oxygen atoms in total. The van der Waals surface area contributed by atoms with Gasteiger partial charge < -0.3 is 76.5 Å². The molecule has 1 aromatic carbocycles. The normalized spacial score (nSPS) is 32.2. The molecule has 1 aromatic rings. The van der Waals surface area contributed by atoms with E-state index in [2.05, 4.69) is 11.4 Å². The van der Waals surface area contributed by atoms with Crippen LogP contribution in [0.3, 0.4) is 0 Å². The molecule has 0 aromatic heterocycles. The first-order chi connectivity index (χ1) is 28.5. The molecule has 13 N–H and O–H groups in total. The number of hydrogen-bond acceptors (Lipinski definition) is 17. The van der Waals surface area contributed by atoms with Gasteiger partial charge in [0, 0.05) is 32.2 Å². The first kappa shape index (κ1) is 46.4. The number of nitrogens with one attached hydrogen (secondary N) is 1. The van der Waals surface area contributed by atoms with Crippen molar-refractivity contribution in [2.75, 3.05) is 39.5 Å². The lowest BCUT2D eigenvalue weighted by atomic mass is 9.46. The van der Waals surface area contributed by atoms with E-state index in [1.807, 2.05) is 0 Å². The maximum Gasteiger partial charge on any atom is 0.407 e. The van der Waals surface area contributed by atoms with Gasteiger partial charge in [-0.15, -0.1) is 0 Å². The summed E-state index contributed by atoms with van der Waals surface area (Å²) < 4.78 is 11.9. The average molecular weight is 850 g/mol. The summed E-state index contributed by atoms with van der Waals surface area (Å²) in [5, 5.41) is 112. The maximum absolute atomic E-state index is 13.8. The summed E-state index contributed by atoms with van der Waals surface area (Å²) in [7, 11) is 0. The van der Waals surface area contributed by atoms with Crippen LogP contribution < -0.4 is 11.1 Å². The van der Waals surface area contributed by atoms with Crippen molar-refractivity contribution in [3.63, 3.8) is 0 Å². The standard InChI is InChI=1S/C41H63N5O14/c42-14-27-8-26-9-28(26)46(27)38(57)37(43)40-10-24-7-25(11-40)13-41(12-24,21-40)60-6-5-59-39(58)44-15-22-1-3-23(4-2-22)16-45(17-29(49)33(53)35(55)31(51)19-47)18-30(50)34(54)36(56)32(52)20-48/h1-4,24-37,47-56H,5-13,15-21,43H2,(H,44,58)/t24-,25?,26+,27-,28-,29+,30+,31-,32?,33-,34-,35-,36-,37+,40?,41?/m0/s1. The fourth-order valence-corrected chi connectivity index (χ4v) is 10.8. The number of aliphatic hydroxyl groups excluding tert-OH is 10. The third kappa shape index (κ3) is 10.4. The van der Waals surface area contributed by atoms with Gasteiger partial charge in [-0.25, -0.2) is 4.79 Å². The van der Waals surface area contributed by atoms with E-state index in [9.17, 15) is 55.7 Å². The van der Waals surface area contributed by atoms with Crippen molar-refractivity contribution in [1.82, 2.24) is 15.1 Å². The van der Waals surface area contributed by atoms with Crippen LogP contribution >= 0.6 is 0 Å². The van der Waals surface area contributed by atoms with Gasteiger partial charge in [0.1, 0.15) is 49.3 Å². The van der Waals surface area contributed by atoms with E-state index in [1.165, 1.54) is 4.90 Å². The summed E-state index contributed by atoms with van der Waals surface area (Å²) in [6.07, 6.45) is -8.23. The quantitative estimate of drug-likeness (QED) is 0.0511. The number of hydrogen-bond donors (Lipinski definition) is 12. The van der Waals surface area contributed by atoms with Gasteiger partial charge in [0.15, 0.2) is 0 Å². The van der Waals surface area contributed by atoms with E-state index in [1.54, 1.807) is 29.2 Å². The van der Waals surface area contributed by atoms with Gasteiger partial charge in [0.2, 0.25) is 5.91 Å². The first-order valence-electron chi connectivity index (χ1n) is 21.0. The van der Waals surface area contributed by atoms with Gasteiger partial charge in [-0.3, -0.25) is 9.69 Å². The third-order valence-electron chi connectivity index (χ3n) is 13.6. The number of aliphatic hydroxyl groups is 10. The Kier molecular flexibility index (Phi) is 15.1. The molecule has 19 heteroatoms. The van der Waals surface area contributed by atoms with Crippen LogP contribution in [0.25, 0.3) is 0 Å². The number of nitrogens with zero attached hydrogens (tertiary/aromatic N) is 3. The summed E-state index contributed by atoms with van der Waals surface area (Å²) in [5.74, 6) is 1.12. The Morgan fingerprint density at radius 3 is 1.92 bits per heavy atom. The Balaban J connectivity index is 0.972. The molecule has 16 atom stereocenters. The fourth-order valence-electron chi connectivity index (χ4n) is 10.8. The molecule has 0 radical (unpaired) electrons. The fraction of sp³-hybridized carbons (Fsp3) is 0.780. The predicted molar refractivity (Wildman–Crippen MR) is 209 cm³/mol. The number of nitriles is 1. The Morgan fingerprint density at radius 2 is 1.37 bits per heavy atom. The first-order valence-corrected chi connectivity index (χ1v) is 21.0. The molecule has 0 spiro atoms. The molecular formula is C41H63N5O14. The number of rotatable bonds is 22. The molecule has 6 fully saturated rings. The number of carbonyl (C=O) groups is 2. The van der Waals surface area contributed by atoms with Gasteiger partial charge >= 0.3 is 6.09 Å². The van der Waals surface area contributed by atoms with Crippen LogP contribution in [0.1, 0.15) is 62.5 Å². The monoisotopic (exact) mass is 849 g/mol. The topological polar surface area (TPSA) is 323 Å². The van der Waals surface area contributed by atoms with Crippen LogP contribution in [0.5, 0.6) is 0 Å². The Hall–Kier alpha value is -3.07. The number of piperidine rings is 1. The van der Waals surface area contributed by atoms with E-state index in [-0.39, 0.29) is 43.7 Å². The number of benzene rings is 1. The summed E-state index contributed by atoms with van der Waals surface area (Å²) in [4.78, 5) is 29.6. The Labute approximate surface area is 348 Å². The van der Waals surface area contributed by atoms with Crippen molar-refractivity contribution in [3.05, 3.63) is 35.4 Å². The van der Waals surface area contributed by atoms with Crippen molar-refractivity contribution in [2.24, 2.45) is 28.9 Å². The molecule has 2 amide bonds. The van der Waals surface area contributed by atoms with Gasteiger partial charge in [-0.2, -0.15) is 5.26 Å². The van der Waals surface area contributed by atoms with E-state index in [0.717, 1.165) is 44.9 Å². The van der Waals surface area contributed by atoms with Crippen molar-refractivity contribution in [3.8, 4) is 6.07 Å². The molecule has 1 heterocycles. The zero-order valence-electron chi connectivity index (χ0n) is 33.7. The minimum absolute atomic E-state index is 0.00601. The molecule has 4 bridgehead atoms. The largest absolute Gasteiger partial charge is 0.447 e. The molecule has 336 valence electrons. The second kappa shape index (κ2) is 19.5.